The SMILES string of the molecule is CNC[C@@H]1Oc2ccc(NC(=O)CCC(F)(F)F)cc2CC(=O)N([C@H](C)CO)C[C@@H]1C. The molecule has 3 atom stereocenters. The van der Waals surface area contributed by atoms with Crippen LogP contribution in [-0.4, -0.2) is 66.9 Å². The molecule has 0 saturated carbocycles. The van der Waals surface area contributed by atoms with Crippen molar-refractivity contribution in [2.24, 2.45) is 5.92 Å². The number of alkyl halides is 3. The van der Waals surface area contributed by atoms with Gasteiger partial charge in [0.25, 0.3) is 0 Å². The van der Waals surface area contributed by atoms with Crippen molar-refractivity contribution >= 4 is 17.5 Å². The van der Waals surface area contributed by atoms with Gasteiger partial charge in [0.1, 0.15) is 11.9 Å². The van der Waals surface area contributed by atoms with Crippen molar-refractivity contribution in [3.63, 3.8) is 0 Å². The van der Waals surface area contributed by atoms with Gasteiger partial charge < -0.3 is 25.4 Å². The van der Waals surface area contributed by atoms with Crippen LogP contribution in [0.25, 0.3) is 0 Å². The first-order valence-electron chi connectivity index (χ1n) is 10.2. The van der Waals surface area contributed by atoms with Crippen molar-refractivity contribution in [1.82, 2.24) is 10.2 Å². The van der Waals surface area contributed by atoms with E-state index in [4.69, 9.17) is 4.74 Å². The number of carbonyl (C=O) groups is 2. The van der Waals surface area contributed by atoms with Crippen molar-refractivity contribution in [3.05, 3.63) is 23.8 Å². The summed E-state index contributed by atoms with van der Waals surface area (Å²) >= 11 is 0. The van der Waals surface area contributed by atoms with Crippen LogP contribution < -0.4 is 15.4 Å². The molecule has 1 aliphatic rings. The highest BCUT2D eigenvalue weighted by Gasteiger charge is 2.30. The molecule has 0 saturated heterocycles. The summed E-state index contributed by atoms with van der Waals surface area (Å²) in [4.78, 5) is 26.5. The van der Waals surface area contributed by atoms with Gasteiger partial charge in [-0.25, -0.2) is 0 Å². The number of aliphatic hydroxyl groups is 1. The van der Waals surface area contributed by atoms with Crippen LogP contribution in [0.5, 0.6) is 5.75 Å². The minimum absolute atomic E-state index is 0.0229. The lowest BCUT2D eigenvalue weighted by Crippen LogP contribution is -2.47. The van der Waals surface area contributed by atoms with E-state index < -0.39 is 24.9 Å². The second-order valence-electron chi connectivity index (χ2n) is 7.93. The molecular weight excluding hydrogens is 415 g/mol. The number of fused-ring (bicyclic) bond motifs is 1. The lowest BCUT2D eigenvalue weighted by molar-refractivity contribution is -0.142. The fraction of sp³-hybridized carbons (Fsp3) is 0.619. The third-order valence-electron chi connectivity index (χ3n) is 5.24. The predicted molar refractivity (Wildman–Crippen MR) is 110 cm³/mol. The number of rotatable bonds is 7. The summed E-state index contributed by atoms with van der Waals surface area (Å²) in [6.07, 6.45) is -6.57. The van der Waals surface area contributed by atoms with Crippen molar-refractivity contribution in [2.75, 3.05) is 32.1 Å². The minimum Gasteiger partial charge on any atom is -0.488 e. The Hall–Kier alpha value is -2.33. The predicted octanol–water partition coefficient (Wildman–Crippen LogP) is 2.34. The second-order valence-corrected chi connectivity index (χ2v) is 7.93. The third kappa shape index (κ3) is 7.39. The number of carbonyl (C=O) groups excluding carboxylic acids is 2. The van der Waals surface area contributed by atoms with Gasteiger partial charge >= 0.3 is 6.18 Å². The number of amides is 2. The molecule has 0 radical (unpaired) electrons. The number of benzene rings is 1. The van der Waals surface area contributed by atoms with Gasteiger partial charge in [-0.1, -0.05) is 6.92 Å². The van der Waals surface area contributed by atoms with E-state index in [1.54, 1.807) is 37.1 Å². The highest BCUT2D eigenvalue weighted by Crippen LogP contribution is 2.29. The Labute approximate surface area is 179 Å². The van der Waals surface area contributed by atoms with Crippen LogP contribution in [-0.2, 0) is 16.0 Å². The van der Waals surface area contributed by atoms with Gasteiger partial charge in [0, 0.05) is 36.7 Å². The number of halogens is 3. The quantitative estimate of drug-likeness (QED) is 0.599. The van der Waals surface area contributed by atoms with E-state index in [0.29, 0.717) is 30.1 Å². The number of nitrogens with one attached hydrogen (secondary N) is 2. The Kier molecular flexibility index (Phi) is 8.69. The van der Waals surface area contributed by atoms with Gasteiger partial charge in [0.05, 0.1) is 25.5 Å². The zero-order valence-electron chi connectivity index (χ0n) is 18.0. The van der Waals surface area contributed by atoms with Crippen LogP contribution in [0, 0.1) is 5.92 Å². The van der Waals surface area contributed by atoms with Crippen LogP contribution in [0.15, 0.2) is 18.2 Å². The van der Waals surface area contributed by atoms with Crippen molar-refractivity contribution in [1.29, 1.82) is 0 Å². The van der Waals surface area contributed by atoms with Crippen LogP contribution in [0.2, 0.25) is 0 Å². The number of anilines is 1. The minimum atomic E-state index is -4.41. The van der Waals surface area contributed by atoms with Crippen molar-refractivity contribution in [2.45, 2.75) is 51.4 Å². The third-order valence-corrected chi connectivity index (χ3v) is 5.24. The lowest BCUT2D eigenvalue weighted by atomic mass is 10.0. The molecule has 2 rings (SSSR count). The first kappa shape index (κ1) is 24.9. The summed E-state index contributed by atoms with van der Waals surface area (Å²) in [5, 5.41) is 15.1. The lowest BCUT2D eigenvalue weighted by Gasteiger charge is -2.32. The van der Waals surface area contributed by atoms with E-state index in [-0.39, 0.29) is 37.0 Å². The topological polar surface area (TPSA) is 90.9 Å². The zero-order chi connectivity index (χ0) is 23.2. The molecule has 2 amide bonds. The molecule has 0 fully saturated rings. The van der Waals surface area contributed by atoms with Crippen LogP contribution in [0.3, 0.4) is 0 Å². The van der Waals surface area contributed by atoms with Crippen LogP contribution in [0.4, 0.5) is 18.9 Å². The molecule has 1 aromatic rings. The number of nitrogens with zero attached hydrogens (tertiary/aromatic N) is 1. The molecule has 174 valence electrons. The molecule has 7 nitrogen and oxygen atoms in total. The summed E-state index contributed by atoms with van der Waals surface area (Å²) < 4.78 is 43.2. The Balaban J connectivity index is 2.29. The molecule has 3 N–H and O–H groups in total. The summed E-state index contributed by atoms with van der Waals surface area (Å²) in [6, 6.07) is 4.33. The molecule has 0 aromatic heterocycles. The molecule has 0 aliphatic carbocycles. The number of likely N-dealkylation sites (N-methyl/N-ethyl adjacent to an activating group) is 1. The largest absolute Gasteiger partial charge is 0.488 e. The van der Waals surface area contributed by atoms with Gasteiger partial charge in [-0.3, -0.25) is 9.59 Å². The first-order chi connectivity index (χ1) is 14.5. The molecule has 0 unspecified atom stereocenters. The summed E-state index contributed by atoms with van der Waals surface area (Å²) in [7, 11) is 1.79. The Morgan fingerprint density at radius 2 is 2.10 bits per heavy atom. The molecular formula is C21H30F3N3O4. The summed E-state index contributed by atoms with van der Waals surface area (Å²) in [5.41, 5.74) is 0.811. The molecule has 0 spiro atoms. The first-order valence-corrected chi connectivity index (χ1v) is 10.2. The highest BCUT2D eigenvalue weighted by molar-refractivity contribution is 5.91. The highest BCUT2D eigenvalue weighted by atomic mass is 19.4. The summed E-state index contributed by atoms with van der Waals surface area (Å²) in [6.45, 7) is 4.48. The Morgan fingerprint density at radius 3 is 2.71 bits per heavy atom. The van der Waals surface area contributed by atoms with Crippen molar-refractivity contribution < 1.29 is 32.6 Å². The molecule has 1 aromatic carbocycles. The van der Waals surface area contributed by atoms with Gasteiger partial charge in [0.15, 0.2) is 0 Å². The van der Waals surface area contributed by atoms with Crippen LogP contribution in [0.1, 0.15) is 32.3 Å². The fourth-order valence-corrected chi connectivity index (χ4v) is 3.43. The molecule has 1 heterocycles. The van der Waals surface area contributed by atoms with Gasteiger partial charge in [0.2, 0.25) is 11.8 Å². The van der Waals surface area contributed by atoms with E-state index in [1.165, 1.54) is 0 Å². The van der Waals surface area contributed by atoms with Gasteiger partial charge in [-0.05, 0) is 32.2 Å². The number of ether oxygens (including phenoxy) is 1. The average molecular weight is 445 g/mol. The van der Waals surface area contributed by atoms with Crippen molar-refractivity contribution in [3.8, 4) is 5.75 Å². The molecule has 10 heteroatoms. The second kappa shape index (κ2) is 10.8. The van der Waals surface area contributed by atoms with Crippen LogP contribution >= 0.6 is 0 Å². The van der Waals surface area contributed by atoms with E-state index >= 15 is 0 Å². The number of aliphatic hydroxyl groups excluding tert-OH is 1. The monoisotopic (exact) mass is 445 g/mol. The van der Waals surface area contributed by atoms with E-state index in [1.807, 2.05) is 6.92 Å². The average Bonchev–Trinajstić information content (AvgIpc) is 2.74. The maximum Gasteiger partial charge on any atom is 0.389 e. The standard InChI is InChI=1S/C21H30F3N3O4/c1-13-11-27(14(2)12-28)20(30)9-15-8-16(26-19(29)6-7-21(22,23)24)4-5-17(15)31-18(13)10-25-3/h4-5,8,13-14,18,25,28H,6-7,9-12H2,1-3H3,(H,26,29)/t13-,14+,18-/m0/s1. The zero-order valence-corrected chi connectivity index (χ0v) is 18.0. The fourth-order valence-electron chi connectivity index (χ4n) is 3.43. The molecule has 1 aliphatic heterocycles. The van der Waals surface area contributed by atoms with E-state index in [2.05, 4.69) is 10.6 Å². The van der Waals surface area contributed by atoms with Gasteiger partial charge in [-0.2, -0.15) is 13.2 Å². The maximum absolute atomic E-state index is 13.0. The molecule has 0 bridgehead atoms. The normalized spacial score (nSPS) is 20.7. The Morgan fingerprint density at radius 1 is 1.39 bits per heavy atom. The number of hydrogen-bond acceptors (Lipinski definition) is 5. The van der Waals surface area contributed by atoms with E-state index in [9.17, 15) is 27.9 Å². The van der Waals surface area contributed by atoms with Gasteiger partial charge in [-0.15, -0.1) is 0 Å². The smallest absolute Gasteiger partial charge is 0.389 e. The van der Waals surface area contributed by atoms with E-state index in [0.717, 1.165) is 0 Å². The molecule has 31 heavy (non-hydrogen) atoms. The number of hydrogen-bond donors (Lipinski definition) is 3. The summed E-state index contributed by atoms with van der Waals surface area (Å²) in [5.74, 6) is -0.515. The maximum atomic E-state index is 13.0. The Bertz CT molecular complexity index is 773.